The van der Waals surface area contributed by atoms with Crippen LogP contribution in [-0.4, -0.2) is 121 Å². The number of hydrogen-bond donors (Lipinski definition) is 3. The standard InChI is InChI=1S/C33H60N2O9/c1-12-25-33(9,39)29-23(7)34-15-18(2)14-32(8,41-17-19(3)16-40-29)28(21(5)26(36)22(6)30(38)43-25)44-31-27(37)24(35(10)11)13-20(4)42-31/h18-25,27-29,31,34,37,39H,12-17H2,1-11H3/t18-,19?,20-,21+,22?,23-,24+,25-,27-,28-,29+,31+,32-,33-/m1/s1. The first kappa shape index (κ1) is 37.3. The largest absolute Gasteiger partial charge is 0.459 e. The van der Waals surface area contributed by atoms with E-state index in [4.69, 9.17) is 23.7 Å². The first-order valence-electron chi connectivity index (χ1n) is 16.5. The van der Waals surface area contributed by atoms with Gasteiger partial charge in [0, 0.05) is 23.9 Å². The van der Waals surface area contributed by atoms with Crippen molar-refractivity contribution in [2.75, 3.05) is 33.9 Å². The molecular weight excluding hydrogens is 568 g/mol. The molecule has 4 aliphatic rings. The highest BCUT2D eigenvalue weighted by atomic mass is 16.7. The molecule has 0 amide bonds. The minimum Gasteiger partial charge on any atom is -0.459 e. The summed E-state index contributed by atoms with van der Waals surface area (Å²) in [5.74, 6) is -3.03. The van der Waals surface area contributed by atoms with E-state index in [1.807, 2.05) is 53.6 Å². The fourth-order valence-corrected chi connectivity index (χ4v) is 7.27. The lowest BCUT2D eigenvalue weighted by molar-refractivity contribution is -0.298. The van der Waals surface area contributed by atoms with E-state index in [9.17, 15) is 19.8 Å². The van der Waals surface area contributed by atoms with Crippen LogP contribution in [0.3, 0.4) is 0 Å². The normalized spacial score (nSPS) is 47.2. The molecule has 0 aromatic rings. The van der Waals surface area contributed by atoms with Crippen LogP contribution in [-0.2, 0) is 33.3 Å². The van der Waals surface area contributed by atoms with Gasteiger partial charge in [-0.3, -0.25) is 9.59 Å². The van der Waals surface area contributed by atoms with Gasteiger partial charge < -0.3 is 44.1 Å². The van der Waals surface area contributed by atoms with Crippen LogP contribution in [0, 0.1) is 23.7 Å². The Balaban J connectivity index is 2.14. The van der Waals surface area contributed by atoms with E-state index in [-0.39, 0.29) is 35.8 Å². The molecule has 4 heterocycles. The summed E-state index contributed by atoms with van der Waals surface area (Å²) >= 11 is 0. The lowest BCUT2D eigenvalue weighted by Crippen LogP contribution is -2.60. The van der Waals surface area contributed by atoms with Crippen LogP contribution in [0.25, 0.3) is 0 Å². The van der Waals surface area contributed by atoms with Crippen molar-refractivity contribution in [2.24, 2.45) is 23.7 Å². The SMILES string of the molecule is CC[C@H]1OC(=O)C(C)C(=O)[C@H](C)[C@@H](O[C@@H]2O[C@H](C)C[C@H](N(C)C)[C@H]2O)[C@@]2(C)C[C@@H](C)CN[C@H](C)[C@H](OCC(C)CO2)[C@]1(C)O. The second kappa shape index (κ2) is 15.2. The molecule has 0 radical (unpaired) electrons. The molecule has 0 aliphatic carbocycles. The average Bonchev–Trinajstić information content (AvgIpc) is 2.95. The van der Waals surface area contributed by atoms with Crippen LogP contribution in [0.5, 0.6) is 0 Å². The Hall–Kier alpha value is -1.18. The third-order valence-electron chi connectivity index (χ3n) is 9.95. The molecule has 11 nitrogen and oxygen atoms in total. The molecule has 44 heavy (non-hydrogen) atoms. The van der Waals surface area contributed by atoms with Crippen molar-refractivity contribution in [1.82, 2.24) is 10.2 Å². The molecule has 3 N–H and O–H groups in total. The molecule has 0 saturated carbocycles. The zero-order valence-corrected chi connectivity index (χ0v) is 28.9. The Morgan fingerprint density at radius 1 is 1.05 bits per heavy atom. The molecule has 4 rings (SSSR count). The Labute approximate surface area is 264 Å². The number of Topliss-reactive ketones (excluding diaryl/α,β-unsaturated/α-hetero) is 1. The summed E-state index contributed by atoms with van der Waals surface area (Å²) in [7, 11) is 3.82. The smallest absolute Gasteiger partial charge is 0.316 e. The van der Waals surface area contributed by atoms with Crippen LogP contribution in [0.4, 0.5) is 0 Å². The molecule has 2 unspecified atom stereocenters. The van der Waals surface area contributed by atoms with E-state index >= 15 is 0 Å². The molecule has 0 aromatic carbocycles. The molecule has 256 valence electrons. The van der Waals surface area contributed by atoms with Gasteiger partial charge in [0.1, 0.15) is 29.8 Å². The molecule has 0 aromatic heterocycles. The highest BCUT2D eigenvalue weighted by Gasteiger charge is 2.51. The Kier molecular flexibility index (Phi) is 12.8. The topological polar surface area (TPSA) is 136 Å². The van der Waals surface area contributed by atoms with Gasteiger partial charge >= 0.3 is 5.97 Å². The number of nitrogens with zero attached hydrogens (tertiary/aromatic N) is 1. The van der Waals surface area contributed by atoms with Crippen molar-refractivity contribution in [3.8, 4) is 0 Å². The average molecular weight is 629 g/mol. The van der Waals surface area contributed by atoms with Crippen molar-refractivity contribution in [3.05, 3.63) is 0 Å². The maximum Gasteiger partial charge on any atom is 0.316 e. The van der Waals surface area contributed by atoms with Crippen molar-refractivity contribution in [2.45, 2.75) is 142 Å². The Bertz CT molecular complexity index is 964. The summed E-state index contributed by atoms with van der Waals surface area (Å²) < 4.78 is 31.9. The molecule has 2 bridgehead atoms. The van der Waals surface area contributed by atoms with E-state index in [1.54, 1.807) is 13.8 Å². The van der Waals surface area contributed by atoms with E-state index in [0.717, 1.165) is 0 Å². The van der Waals surface area contributed by atoms with Gasteiger partial charge in [0.05, 0.1) is 31.0 Å². The second-order valence-electron chi connectivity index (χ2n) is 14.6. The summed E-state index contributed by atoms with van der Waals surface area (Å²) in [6.07, 6.45) is -3.12. The molecule has 0 spiro atoms. The molecule has 14 atom stereocenters. The fourth-order valence-electron chi connectivity index (χ4n) is 7.27. The predicted octanol–water partition coefficient (Wildman–Crippen LogP) is 2.54. The van der Waals surface area contributed by atoms with Crippen molar-refractivity contribution in [3.63, 3.8) is 0 Å². The third kappa shape index (κ3) is 8.39. The summed E-state index contributed by atoms with van der Waals surface area (Å²) in [6.45, 7) is 17.9. The Morgan fingerprint density at radius 3 is 2.32 bits per heavy atom. The van der Waals surface area contributed by atoms with E-state index in [2.05, 4.69) is 12.2 Å². The number of aliphatic hydroxyl groups is 2. The van der Waals surface area contributed by atoms with Gasteiger partial charge in [-0.05, 0) is 80.4 Å². The van der Waals surface area contributed by atoms with Gasteiger partial charge in [-0.1, -0.05) is 27.7 Å². The third-order valence-corrected chi connectivity index (χ3v) is 9.95. The van der Waals surface area contributed by atoms with E-state index in [1.165, 1.54) is 6.92 Å². The number of rotatable bonds is 4. The molecule has 11 heteroatoms. The van der Waals surface area contributed by atoms with Gasteiger partial charge in [0.25, 0.3) is 0 Å². The first-order chi connectivity index (χ1) is 20.4. The summed E-state index contributed by atoms with van der Waals surface area (Å²) in [5.41, 5.74) is -2.53. The highest BCUT2D eigenvalue weighted by molar-refractivity contribution is 6.00. The lowest BCUT2D eigenvalue weighted by Gasteiger charge is -2.47. The Morgan fingerprint density at radius 2 is 1.70 bits per heavy atom. The lowest BCUT2D eigenvalue weighted by atomic mass is 9.78. The number of likely N-dealkylation sites (N-methyl/N-ethyl adjacent to an activating group) is 1. The molecule has 4 fully saturated rings. The van der Waals surface area contributed by atoms with Gasteiger partial charge in [-0.25, -0.2) is 0 Å². The van der Waals surface area contributed by atoms with Crippen LogP contribution in [0.1, 0.15) is 81.6 Å². The number of esters is 1. The number of carbonyl (C=O) groups excluding carboxylic acids is 2. The molecule has 4 aliphatic heterocycles. The number of fused-ring (bicyclic) bond motifs is 15. The van der Waals surface area contributed by atoms with E-state index < -0.39 is 59.7 Å². The number of carbonyl (C=O) groups is 2. The number of aliphatic hydroxyl groups excluding tert-OH is 1. The number of ether oxygens (including phenoxy) is 5. The monoisotopic (exact) mass is 628 g/mol. The molecule has 4 saturated heterocycles. The first-order valence-corrected chi connectivity index (χ1v) is 16.5. The zero-order chi connectivity index (χ0) is 33.1. The van der Waals surface area contributed by atoms with Crippen LogP contribution < -0.4 is 5.32 Å². The number of ketones is 1. The van der Waals surface area contributed by atoms with Crippen molar-refractivity contribution < 1.29 is 43.5 Å². The van der Waals surface area contributed by atoms with Crippen LogP contribution in [0.2, 0.25) is 0 Å². The number of hydrogen-bond acceptors (Lipinski definition) is 11. The fraction of sp³-hybridized carbons (Fsp3) is 0.939. The van der Waals surface area contributed by atoms with Crippen LogP contribution in [0.15, 0.2) is 0 Å². The maximum absolute atomic E-state index is 14.1. The van der Waals surface area contributed by atoms with E-state index in [0.29, 0.717) is 39.0 Å². The van der Waals surface area contributed by atoms with Crippen molar-refractivity contribution in [1.29, 1.82) is 0 Å². The summed E-state index contributed by atoms with van der Waals surface area (Å²) in [4.78, 5) is 29.6. The minimum absolute atomic E-state index is 0.0595. The van der Waals surface area contributed by atoms with Crippen molar-refractivity contribution >= 4 is 11.8 Å². The maximum atomic E-state index is 14.1. The summed E-state index contributed by atoms with van der Waals surface area (Å²) in [5, 5.41) is 26.8. The zero-order valence-electron chi connectivity index (χ0n) is 28.9. The van der Waals surface area contributed by atoms with Crippen LogP contribution >= 0.6 is 0 Å². The van der Waals surface area contributed by atoms with Gasteiger partial charge in [-0.2, -0.15) is 0 Å². The minimum atomic E-state index is -1.53. The number of nitrogens with one attached hydrogen (secondary N) is 1. The quantitative estimate of drug-likeness (QED) is 0.313. The summed E-state index contributed by atoms with van der Waals surface area (Å²) in [6, 6.07) is -0.478. The highest BCUT2D eigenvalue weighted by Crippen LogP contribution is 2.38. The van der Waals surface area contributed by atoms with Gasteiger partial charge in [0.15, 0.2) is 12.1 Å². The van der Waals surface area contributed by atoms with Gasteiger partial charge in [0.2, 0.25) is 0 Å². The predicted molar refractivity (Wildman–Crippen MR) is 166 cm³/mol. The molecular formula is C33H60N2O9. The van der Waals surface area contributed by atoms with Gasteiger partial charge in [-0.15, -0.1) is 0 Å². The second-order valence-corrected chi connectivity index (χ2v) is 14.6.